The summed E-state index contributed by atoms with van der Waals surface area (Å²) in [5, 5.41) is 0. The Morgan fingerprint density at radius 2 is 1.68 bits per heavy atom. The van der Waals surface area contributed by atoms with E-state index in [1.165, 1.54) is 0 Å². The third-order valence-electron chi connectivity index (χ3n) is 3.41. The number of hydrogen-bond acceptors (Lipinski definition) is 4. The summed E-state index contributed by atoms with van der Waals surface area (Å²) in [5.74, 6) is 1.17. The molecule has 0 aliphatic carbocycles. The van der Waals surface area contributed by atoms with E-state index in [4.69, 9.17) is 9.47 Å². The monoisotopic (exact) mass is 319 g/mol. The summed E-state index contributed by atoms with van der Waals surface area (Å²) >= 11 is 0. The summed E-state index contributed by atoms with van der Waals surface area (Å²) in [5.41, 5.74) is 2.19. The van der Waals surface area contributed by atoms with Crippen molar-refractivity contribution in [2.24, 2.45) is 0 Å². The van der Waals surface area contributed by atoms with Crippen molar-refractivity contribution >= 4 is 15.7 Å². The quantitative estimate of drug-likeness (QED) is 0.945. The minimum atomic E-state index is -3.63. The van der Waals surface area contributed by atoms with Crippen LogP contribution in [0, 0.1) is 13.8 Å². The molecule has 0 spiro atoms. The highest BCUT2D eigenvalue weighted by Crippen LogP contribution is 2.33. The van der Waals surface area contributed by atoms with Crippen LogP contribution in [-0.4, -0.2) is 21.6 Å². The molecule has 22 heavy (non-hydrogen) atoms. The van der Waals surface area contributed by atoms with Crippen molar-refractivity contribution in [2.75, 3.05) is 17.9 Å². The Balaban J connectivity index is 1.91. The van der Waals surface area contributed by atoms with Crippen molar-refractivity contribution in [2.45, 2.75) is 18.7 Å². The van der Waals surface area contributed by atoms with Crippen LogP contribution in [0.5, 0.6) is 11.5 Å². The van der Waals surface area contributed by atoms with E-state index in [0.29, 0.717) is 36.0 Å². The van der Waals surface area contributed by atoms with E-state index in [1.807, 2.05) is 13.0 Å². The molecule has 0 unspecified atom stereocenters. The average molecular weight is 319 g/mol. The molecular formula is C16H17NO4S. The molecule has 1 aliphatic heterocycles. The molecule has 0 aromatic heterocycles. The molecule has 1 N–H and O–H groups in total. The highest BCUT2D eigenvalue weighted by molar-refractivity contribution is 7.92. The first kappa shape index (κ1) is 14.7. The van der Waals surface area contributed by atoms with Gasteiger partial charge in [0, 0.05) is 6.07 Å². The largest absolute Gasteiger partial charge is 0.486 e. The molecule has 0 fully saturated rings. The lowest BCUT2D eigenvalue weighted by atomic mass is 10.2. The number of aryl methyl sites for hydroxylation is 2. The Labute approximate surface area is 129 Å². The molecule has 0 radical (unpaired) electrons. The molecule has 2 aromatic carbocycles. The van der Waals surface area contributed by atoms with Crippen molar-refractivity contribution in [3.05, 3.63) is 47.5 Å². The molecule has 0 saturated heterocycles. The molecule has 2 aromatic rings. The van der Waals surface area contributed by atoms with Crippen molar-refractivity contribution in [1.29, 1.82) is 0 Å². The highest BCUT2D eigenvalue weighted by atomic mass is 32.2. The van der Waals surface area contributed by atoms with E-state index in [9.17, 15) is 8.42 Å². The van der Waals surface area contributed by atoms with Gasteiger partial charge in [-0.1, -0.05) is 17.7 Å². The van der Waals surface area contributed by atoms with Gasteiger partial charge in [0.25, 0.3) is 10.0 Å². The zero-order chi connectivity index (χ0) is 15.7. The summed E-state index contributed by atoms with van der Waals surface area (Å²) in [4.78, 5) is 0.271. The molecule has 1 heterocycles. The lowest BCUT2D eigenvalue weighted by Crippen LogP contribution is -2.17. The number of ether oxygens (including phenoxy) is 2. The summed E-state index contributed by atoms with van der Waals surface area (Å²) in [6, 6.07) is 10.2. The minimum absolute atomic E-state index is 0.271. The standard InChI is InChI=1S/C16H17NO4S/c1-11-3-6-16(12(2)9-11)22(18,19)17-13-4-5-14-15(10-13)21-8-7-20-14/h3-6,9-10,17H,7-8H2,1-2H3. The van der Waals surface area contributed by atoms with Crippen LogP contribution in [0.2, 0.25) is 0 Å². The fraction of sp³-hybridized carbons (Fsp3) is 0.250. The van der Waals surface area contributed by atoms with Gasteiger partial charge in [-0.05, 0) is 37.6 Å². The zero-order valence-electron chi connectivity index (χ0n) is 12.4. The Bertz CT molecular complexity index is 815. The summed E-state index contributed by atoms with van der Waals surface area (Å²) in [7, 11) is -3.63. The summed E-state index contributed by atoms with van der Waals surface area (Å²) < 4.78 is 38.5. The maximum Gasteiger partial charge on any atom is 0.262 e. The number of hydrogen-bond donors (Lipinski definition) is 1. The van der Waals surface area contributed by atoms with E-state index in [-0.39, 0.29) is 4.90 Å². The first-order valence-corrected chi connectivity index (χ1v) is 8.44. The highest BCUT2D eigenvalue weighted by Gasteiger charge is 2.19. The topological polar surface area (TPSA) is 64.6 Å². The zero-order valence-corrected chi connectivity index (χ0v) is 13.2. The normalized spacial score (nSPS) is 13.7. The summed E-state index contributed by atoms with van der Waals surface area (Å²) in [6.07, 6.45) is 0. The lowest BCUT2D eigenvalue weighted by molar-refractivity contribution is 0.171. The van der Waals surface area contributed by atoms with Crippen LogP contribution in [0.15, 0.2) is 41.3 Å². The maximum absolute atomic E-state index is 12.5. The van der Waals surface area contributed by atoms with Crippen LogP contribution in [0.3, 0.4) is 0 Å². The molecule has 0 atom stereocenters. The number of benzene rings is 2. The molecule has 5 nitrogen and oxygen atoms in total. The first-order chi connectivity index (χ1) is 10.5. The van der Waals surface area contributed by atoms with Crippen LogP contribution in [-0.2, 0) is 10.0 Å². The molecule has 0 amide bonds. The van der Waals surface area contributed by atoms with E-state index in [1.54, 1.807) is 37.3 Å². The first-order valence-electron chi connectivity index (χ1n) is 6.95. The van der Waals surface area contributed by atoms with Gasteiger partial charge in [-0.25, -0.2) is 8.42 Å². The Kier molecular flexibility index (Phi) is 3.70. The Morgan fingerprint density at radius 1 is 0.955 bits per heavy atom. The molecule has 116 valence electrons. The minimum Gasteiger partial charge on any atom is -0.486 e. The predicted molar refractivity (Wildman–Crippen MR) is 84.2 cm³/mol. The van der Waals surface area contributed by atoms with E-state index < -0.39 is 10.0 Å². The summed E-state index contributed by atoms with van der Waals surface area (Å²) in [6.45, 7) is 4.67. The van der Waals surface area contributed by atoms with Gasteiger partial charge in [-0.3, -0.25) is 4.72 Å². The van der Waals surface area contributed by atoms with Crippen LogP contribution in [0.25, 0.3) is 0 Å². The molecular weight excluding hydrogens is 302 g/mol. The van der Waals surface area contributed by atoms with Gasteiger partial charge < -0.3 is 9.47 Å². The number of sulfonamides is 1. The van der Waals surface area contributed by atoms with E-state index in [0.717, 1.165) is 5.56 Å². The van der Waals surface area contributed by atoms with E-state index in [2.05, 4.69) is 4.72 Å². The van der Waals surface area contributed by atoms with Crippen LogP contribution in [0.4, 0.5) is 5.69 Å². The van der Waals surface area contributed by atoms with Gasteiger partial charge >= 0.3 is 0 Å². The fourth-order valence-electron chi connectivity index (χ4n) is 2.42. The van der Waals surface area contributed by atoms with Crippen molar-refractivity contribution < 1.29 is 17.9 Å². The predicted octanol–water partition coefficient (Wildman–Crippen LogP) is 2.88. The number of nitrogens with one attached hydrogen (secondary N) is 1. The number of fused-ring (bicyclic) bond motifs is 1. The second-order valence-corrected chi connectivity index (χ2v) is 6.88. The average Bonchev–Trinajstić information content (AvgIpc) is 2.46. The maximum atomic E-state index is 12.5. The Hall–Kier alpha value is -2.21. The molecule has 0 bridgehead atoms. The van der Waals surface area contributed by atoms with Crippen molar-refractivity contribution in [3.63, 3.8) is 0 Å². The lowest BCUT2D eigenvalue weighted by Gasteiger charge is -2.19. The van der Waals surface area contributed by atoms with E-state index >= 15 is 0 Å². The van der Waals surface area contributed by atoms with Gasteiger partial charge in [0.2, 0.25) is 0 Å². The fourth-order valence-corrected chi connectivity index (χ4v) is 3.70. The molecule has 1 aliphatic rings. The molecule has 6 heteroatoms. The second-order valence-electron chi connectivity index (χ2n) is 5.23. The second kappa shape index (κ2) is 5.53. The van der Waals surface area contributed by atoms with Crippen LogP contribution < -0.4 is 14.2 Å². The van der Waals surface area contributed by atoms with Crippen molar-refractivity contribution in [3.8, 4) is 11.5 Å². The molecule has 0 saturated carbocycles. The SMILES string of the molecule is Cc1ccc(S(=O)(=O)Nc2ccc3c(c2)OCCO3)c(C)c1. The third kappa shape index (κ3) is 2.87. The number of rotatable bonds is 3. The van der Waals surface area contributed by atoms with Crippen molar-refractivity contribution in [1.82, 2.24) is 0 Å². The third-order valence-corrected chi connectivity index (χ3v) is 4.96. The van der Waals surface area contributed by atoms with Crippen LogP contribution in [0.1, 0.15) is 11.1 Å². The Morgan fingerprint density at radius 3 is 2.41 bits per heavy atom. The van der Waals surface area contributed by atoms with Gasteiger partial charge in [-0.2, -0.15) is 0 Å². The van der Waals surface area contributed by atoms with Gasteiger partial charge in [-0.15, -0.1) is 0 Å². The van der Waals surface area contributed by atoms with Crippen LogP contribution >= 0.6 is 0 Å². The number of anilines is 1. The van der Waals surface area contributed by atoms with Gasteiger partial charge in [0.15, 0.2) is 11.5 Å². The smallest absolute Gasteiger partial charge is 0.262 e. The van der Waals surface area contributed by atoms with Gasteiger partial charge in [0.05, 0.1) is 10.6 Å². The molecule has 3 rings (SSSR count). The van der Waals surface area contributed by atoms with Gasteiger partial charge in [0.1, 0.15) is 13.2 Å².